The van der Waals surface area contributed by atoms with Crippen molar-refractivity contribution in [3.8, 4) is 6.07 Å². The average molecular weight is 242 g/mol. The van der Waals surface area contributed by atoms with Crippen LogP contribution in [-0.2, 0) is 0 Å². The topological polar surface area (TPSA) is 52.9 Å². The van der Waals surface area contributed by atoms with Crippen molar-refractivity contribution in [3.63, 3.8) is 0 Å². The summed E-state index contributed by atoms with van der Waals surface area (Å²) < 4.78 is 0. The van der Waals surface area contributed by atoms with E-state index in [0.29, 0.717) is 4.88 Å². The Labute approximate surface area is 103 Å². The van der Waals surface area contributed by atoms with Crippen molar-refractivity contribution >= 4 is 17.2 Å². The van der Waals surface area contributed by atoms with Crippen LogP contribution in [0.1, 0.15) is 21.3 Å². The third-order valence-electron chi connectivity index (χ3n) is 2.28. The molecule has 3 nitrogen and oxygen atoms in total. The molecule has 2 rings (SSSR count). The van der Waals surface area contributed by atoms with Crippen molar-refractivity contribution in [2.75, 3.05) is 0 Å². The van der Waals surface area contributed by atoms with E-state index in [1.165, 1.54) is 11.3 Å². The number of hydrogen-bond donors (Lipinski definition) is 1. The monoisotopic (exact) mass is 242 g/mol. The van der Waals surface area contributed by atoms with Crippen LogP contribution in [0.25, 0.3) is 0 Å². The second-order valence-electron chi connectivity index (χ2n) is 3.42. The second kappa shape index (κ2) is 5.28. The third kappa shape index (κ3) is 2.71. The molecule has 1 unspecified atom stereocenters. The quantitative estimate of drug-likeness (QED) is 0.899. The maximum Gasteiger partial charge on any atom is 0.262 e. The van der Waals surface area contributed by atoms with E-state index in [1.54, 1.807) is 6.07 Å². The van der Waals surface area contributed by atoms with Crippen molar-refractivity contribution in [1.29, 1.82) is 5.26 Å². The van der Waals surface area contributed by atoms with Gasteiger partial charge in [-0.15, -0.1) is 11.3 Å². The Morgan fingerprint density at radius 1 is 1.24 bits per heavy atom. The summed E-state index contributed by atoms with van der Waals surface area (Å²) in [6.07, 6.45) is 0. The van der Waals surface area contributed by atoms with E-state index in [-0.39, 0.29) is 5.91 Å². The molecule has 1 aromatic heterocycles. The SMILES string of the molecule is N#CC(NC(=O)c1cccs1)c1ccccc1. The summed E-state index contributed by atoms with van der Waals surface area (Å²) in [6.45, 7) is 0. The zero-order valence-corrected chi connectivity index (χ0v) is 9.78. The number of carbonyl (C=O) groups excluding carboxylic acids is 1. The first-order chi connectivity index (χ1) is 8.31. The number of rotatable bonds is 3. The van der Waals surface area contributed by atoms with Crippen LogP contribution in [0.5, 0.6) is 0 Å². The minimum atomic E-state index is -0.606. The number of carbonyl (C=O) groups is 1. The minimum absolute atomic E-state index is 0.213. The number of hydrogen-bond acceptors (Lipinski definition) is 3. The summed E-state index contributed by atoms with van der Waals surface area (Å²) in [7, 11) is 0. The number of nitriles is 1. The molecule has 0 spiro atoms. The maximum absolute atomic E-state index is 11.8. The van der Waals surface area contributed by atoms with E-state index in [2.05, 4.69) is 11.4 Å². The second-order valence-corrected chi connectivity index (χ2v) is 4.37. The van der Waals surface area contributed by atoms with Gasteiger partial charge in [0.15, 0.2) is 0 Å². The molecular weight excluding hydrogens is 232 g/mol. The number of nitrogens with one attached hydrogen (secondary N) is 1. The lowest BCUT2D eigenvalue weighted by Gasteiger charge is -2.10. The Morgan fingerprint density at radius 2 is 2.00 bits per heavy atom. The molecule has 0 aliphatic heterocycles. The Bertz CT molecular complexity index is 528. The van der Waals surface area contributed by atoms with Crippen LogP contribution in [0.15, 0.2) is 47.8 Å². The molecule has 2 aromatic rings. The highest BCUT2D eigenvalue weighted by molar-refractivity contribution is 7.12. The fourth-order valence-electron chi connectivity index (χ4n) is 1.45. The molecule has 1 N–H and O–H groups in total. The van der Waals surface area contributed by atoms with Crippen molar-refractivity contribution in [1.82, 2.24) is 5.32 Å². The Balaban J connectivity index is 2.12. The van der Waals surface area contributed by atoms with Gasteiger partial charge in [-0.1, -0.05) is 36.4 Å². The fraction of sp³-hybridized carbons (Fsp3) is 0.0769. The van der Waals surface area contributed by atoms with E-state index >= 15 is 0 Å². The highest BCUT2D eigenvalue weighted by atomic mass is 32.1. The summed E-state index contributed by atoms with van der Waals surface area (Å²) in [4.78, 5) is 12.4. The first-order valence-corrected chi connectivity index (χ1v) is 5.98. The number of amides is 1. The van der Waals surface area contributed by atoms with Crippen molar-refractivity contribution in [2.45, 2.75) is 6.04 Å². The lowest BCUT2D eigenvalue weighted by molar-refractivity contribution is 0.0949. The van der Waals surface area contributed by atoms with Crippen LogP contribution in [0.3, 0.4) is 0 Å². The molecule has 1 heterocycles. The zero-order chi connectivity index (χ0) is 12.1. The Kier molecular flexibility index (Phi) is 3.53. The summed E-state index contributed by atoms with van der Waals surface area (Å²) in [5, 5.41) is 13.6. The van der Waals surface area contributed by atoms with Crippen LogP contribution >= 0.6 is 11.3 Å². The van der Waals surface area contributed by atoms with Crippen LogP contribution in [0.4, 0.5) is 0 Å². The molecular formula is C13H10N2OS. The van der Waals surface area contributed by atoms with Crippen molar-refractivity contribution < 1.29 is 4.79 Å². The predicted octanol–water partition coefficient (Wildman–Crippen LogP) is 2.74. The standard InChI is InChI=1S/C13H10N2OS/c14-9-11(10-5-2-1-3-6-10)15-13(16)12-7-4-8-17-12/h1-8,11H,(H,15,16). The first-order valence-electron chi connectivity index (χ1n) is 5.10. The molecule has 0 aliphatic rings. The van der Waals surface area contributed by atoms with Gasteiger partial charge in [0.1, 0.15) is 6.04 Å². The Hall–Kier alpha value is -2.12. The normalized spacial score (nSPS) is 11.5. The molecule has 0 fully saturated rings. The van der Waals surface area contributed by atoms with Crippen LogP contribution in [0, 0.1) is 11.3 Å². The van der Waals surface area contributed by atoms with Gasteiger partial charge in [-0.2, -0.15) is 5.26 Å². The summed E-state index contributed by atoms with van der Waals surface area (Å²) in [6, 6.07) is 14.2. The van der Waals surface area contributed by atoms with Crippen LogP contribution < -0.4 is 5.32 Å². The van der Waals surface area contributed by atoms with E-state index in [4.69, 9.17) is 5.26 Å². The van der Waals surface area contributed by atoms with Gasteiger partial charge in [0.05, 0.1) is 10.9 Å². The van der Waals surface area contributed by atoms with Gasteiger partial charge in [0.2, 0.25) is 0 Å². The molecule has 0 saturated heterocycles. The summed E-state index contributed by atoms with van der Waals surface area (Å²) >= 11 is 1.36. The van der Waals surface area contributed by atoms with Crippen molar-refractivity contribution in [2.24, 2.45) is 0 Å². The lowest BCUT2D eigenvalue weighted by Crippen LogP contribution is -2.26. The largest absolute Gasteiger partial charge is 0.332 e. The average Bonchev–Trinajstić information content (AvgIpc) is 2.90. The molecule has 84 valence electrons. The zero-order valence-electron chi connectivity index (χ0n) is 8.96. The van der Waals surface area contributed by atoms with Gasteiger partial charge in [0.25, 0.3) is 5.91 Å². The van der Waals surface area contributed by atoms with Gasteiger partial charge < -0.3 is 5.32 Å². The van der Waals surface area contributed by atoms with Gasteiger partial charge in [-0.05, 0) is 17.0 Å². The van der Waals surface area contributed by atoms with E-state index in [1.807, 2.05) is 41.8 Å². The van der Waals surface area contributed by atoms with Crippen LogP contribution in [-0.4, -0.2) is 5.91 Å². The molecule has 1 aromatic carbocycles. The Morgan fingerprint density at radius 3 is 2.59 bits per heavy atom. The van der Waals surface area contributed by atoms with E-state index in [9.17, 15) is 4.79 Å². The smallest absolute Gasteiger partial charge is 0.262 e. The number of nitrogens with zero attached hydrogens (tertiary/aromatic N) is 1. The predicted molar refractivity (Wildman–Crippen MR) is 66.6 cm³/mol. The van der Waals surface area contributed by atoms with Gasteiger partial charge in [-0.25, -0.2) is 0 Å². The summed E-state index contributed by atoms with van der Waals surface area (Å²) in [5.74, 6) is -0.213. The number of thiophene rings is 1. The minimum Gasteiger partial charge on any atom is -0.332 e. The fourth-order valence-corrected chi connectivity index (χ4v) is 2.07. The lowest BCUT2D eigenvalue weighted by atomic mass is 10.1. The molecule has 1 amide bonds. The van der Waals surface area contributed by atoms with Gasteiger partial charge in [0, 0.05) is 0 Å². The molecule has 4 heteroatoms. The molecule has 1 atom stereocenters. The van der Waals surface area contributed by atoms with E-state index < -0.39 is 6.04 Å². The molecule has 0 radical (unpaired) electrons. The highest BCUT2D eigenvalue weighted by Gasteiger charge is 2.14. The van der Waals surface area contributed by atoms with E-state index in [0.717, 1.165) is 5.56 Å². The third-order valence-corrected chi connectivity index (χ3v) is 3.15. The molecule has 0 saturated carbocycles. The van der Waals surface area contributed by atoms with Gasteiger partial charge >= 0.3 is 0 Å². The van der Waals surface area contributed by atoms with Crippen LogP contribution in [0.2, 0.25) is 0 Å². The highest BCUT2D eigenvalue weighted by Crippen LogP contribution is 2.14. The maximum atomic E-state index is 11.8. The molecule has 0 aliphatic carbocycles. The number of benzene rings is 1. The summed E-state index contributed by atoms with van der Waals surface area (Å²) in [5.41, 5.74) is 0.792. The van der Waals surface area contributed by atoms with Crippen molar-refractivity contribution in [3.05, 3.63) is 58.3 Å². The van der Waals surface area contributed by atoms with Gasteiger partial charge in [-0.3, -0.25) is 4.79 Å². The molecule has 0 bridgehead atoms. The molecule has 17 heavy (non-hydrogen) atoms. The first kappa shape index (κ1) is 11.4.